The molecule has 0 spiro atoms. The van der Waals surface area contributed by atoms with Gasteiger partial charge in [-0.2, -0.15) is 0 Å². The van der Waals surface area contributed by atoms with Gasteiger partial charge in [-0.05, 0) is 57.0 Å². The summed E-state index contributed by atoms with van der Waals surface area (Å²) in [5.74, 6) is -0.186. The minimum atomic E-state index is -2.04. The van der Waals surface area contributed by atoms with E-state index in [0.29, 0.717) is 0 Å². The van der Waals surface area contributed by atoms with E-state index >= 15 is 0 Å². The molecule has 0 fully saturated rings. The molecule has 188 valence electrons. The molecule has 0 unspecified atom stereocenters. The monoisotopic (exact) mass is 483 g/mol. The Morgan fingerprint density at radius 3 is 1.68 bits per heavy atom. The van der Waals surface area contributed by atoms with Crippen molar-refractivity contribution in [1.29, 1.82) is 0 Å². The summed E-state index contributed by atoms with van der Waals surface area (Å²) < 4.78 is 12.6. The van der Waals surface area contributed by atoms with E-state index in [1.165, 1.54) is 11.1 Å². The minimum absolute atomic E-state index is 0.0847. The summed E-state index contributed by atoms with van der Waals surface area (Å²) in [5, 5.41) is 0.0847. The Morgan fingerprint density at radius 2 is 1.29 bits per heavy atom. The molecule has 0 saturated heterocycles. The first-order valence-corrected chi connectivity index (χ1v) is 15.3. The van der Waals surface area contributed by atoms with Crippen molar-refractivity contribution in [2.45, 2.75) is 104 Å². The maximum absolute atomic E-state index is 13.1. The maximum Gasteiger partial charge on any atom is 0.307 e. The van der Waals surface area contributed by atoms with Gasteiger partial charge in [0.2, 0.25) is 0 Å². The highest BCUT2D eigenvalue weighted by atomic mass is 28.4. The van der Waals surface area contributed by atoms with Crippen LogP contribution in [0.3, 0.4) is 0 Å². The average Bonchev–Trinajstić information content (AvgIpc) is 2.70. The predicted molar refractivity (Wildman–Crippen MR) is 144 cm³/mol. The minimum Gasteiger partial charge on any atom is -0.460 e. The van der Waals surface area contributed by atoms with Crippen molar-refractivity contribution in [3.8, 4) is 0 Å². The molecule has 0 amide bonds. The zero-order valence-electron chi connectivity index (χ0n) is 22.7. The van der Waals surface area contributed by atoms with E-state index in [9.17, 15) is 4.79 Å². The van der Waals surface area contributed by atoms with Gasteiger partial charge in [0, 0.05) is 19.1 Å². The zero-order valence-corrected chi connectivity index (χ0v) is 23.7. The number of nitrogens with zero attached hydrogens (tertiary/aromatic N) is 1. The van der Waals surface area contributed by atoms with Crippen LogP contribution in [-0.4, -0.2) is 36.9 Å². The SMILES string of the molecule is C[C@H](O[Si](C)(C)C(C)(C)C)[C@@H](CC(=O)OC(C)(C)C)N(Cc1ccccc1)Cc1ccccc1. The van der Waals surface area contributed by atoms with E-state index < -0.39 is 13.9 Å². The van der Waals surface area contributed by atoms with Crippen molar-refractivity contribution >= 4 is 14.3 Å². The van der Waals surface area contributed by atoms with Crippen molar-refractivity contribution in [2.75, 3.05) is 0 Å². The number of esters is 1. The highest BCUT2D eigenvalue weighted by Gasteiger charge is 2.41. The van der Waals surface area contributed by atoms with Crippen LogP contribution in [0, 0.1) is 0 Å². The lowest BCUT2D eigenvalue weighted by molar-refractivity contribution is -0.157. The Kier molecular flexibility index (Phi) is 9.69. The van der Waals surface area contributed by atoms with Crippen LogP contribution in [0.4, 0.5) is 0 Å². The third-order valence-electron chi connectivity index (χ3n) is 6.55. The van der Waals surface area contributed by atoms with Gasteiger partial charge < -0.3 is 9.16 Å². The first-order valence-electron chi connectivity index (χ1n) is 12.4. The molecule has 0 bridgehead atoms. The van der Waals surface area contributed by atoms with Crippen molar-refractivity contribution in [3.63, 3.8) is 0 Å². The lowest BCUT2D eigenvalue weighted by Gasteiger charge is -2.43. The smallest absolute Gasteiger partial charge is 0.307 e. The Morgan fingerprint density at radius 1 is 0.853 bits per heavy atom. The molecule has 0 heterocycles. The Bertz CT molecular complexity index is 844. The van der Waals surface area contributed by atoms with Gasteiger partial charge in [-0.1, -0.05) is 81.4 Å². The summed E-state index contributed by atoms with van der Waals surface area (Å²) in [6.45, 7) is 20.6. The number of carbonyl (C=O) groups is 1. The molecular weight excluding hydrogens is 438 g/mol. The van der Waals surface area contributed by atoms with E-state index in [0.717, 1.165) is 13.1 Å². The van der Waals surface area contributed by atoms with Crippen molar-refractivity contribution in [2.24, 2.45) is 0 Å². The zero-order chi connectivity index (χ0) is 25.6. The molecule has 0 aromatic heterocycles. The summed E-state index contributed by atoms with van der Waals surface area (Å²) >= 11 is 0. The van der Waals surface area contributed by atoms with E-state index in [2.05, 4.69) is 94.2 Å². The molecule has 0 aliphatic rings. The van der Waals surface area contributed by atoms with Gasteiger partial charge in [-0.15, -0.1) is 0 Å². The second-order valence-corrected chi connectivity index (χ2v) is 16.6. The molecule has 34 heavy (non-hydrogen) atoms. The molecule has 0 radical (unpaired) electrons. The second-order valence-electron chi connectivity index (χ2n) is 11.8. The van der Waals surface area contributed by atoms with Gasteiger partial charge in [0.25, 0.3) is 0 Å². The van der Waals surface area contributed by atoms with Crippen LogP contribution in [0.15, 0.2) is 60.7 Å². The van der Waals surface area contributed by atoms with Crippen LogP contribution < -0.4 is 0 Å². The van der Waals surface area contributed by atoms with Gasteiger partial charge >= 0.3 is 5.97 Å². The van der Waals surface area contributed by atoms with Crippen LogP contribution in [0.2, 0.25) is 18.1 Å². The number of ether oxygens (including phenoxy) is 1. The second kappa shape index (κ2) is 11.7. The third-order valence-corrected chi connectivity index (χ3v) is 11.1. The first kappa shape index (κ1) is 28.3. The molecule has 2 aromatic rings. The summed E-state index contributed by atoms with van der Waals surface area (Å²) in [7, 11) is -2.04. The number of carbonyl (C=O) groups excluding carboxylic acids is 1. The summed E-state index contributed by atoms with van der Waals surface area (Å²) in [5.41, 5.74) is 1.91. The summed E-state index contributed by atoms with van der Waals surface area (Å²) in [6.07, 6.45) is 0.160. The number of rotatable bonds is 10. The Labute approximate surface area is 208 Å². The van der Waals surface area contributed by atoms with Crippen LogP contribution in [0.25, 0.3) is 0 Å². The fourth-order valence-corrected chi connectivity index (χ4v) is 5.23. The van der Waals surface area contributed by atoms with E-state index in [-0.39, 0.29) is 29.6 Å². The van der Waals surface area contributed by atoms with E-state index in [1.807, 2.05) is 32.9 Å². The summed E-state index contributed by atoms with van der Waals surface area (Å²) in [6, 6.07) is 20.8. The number of hydrogen-bond donors (Lipinski definition) is 0. The molecule has 4 nitrogen and oxygen atoms in total. The standard InChI is InChI=1S/C29H45NO3Si/c1-23(33-34(8,9)29(5,6)7)26(20-27(31)32-28(2,3)4)30(21-24-16-12-10-13-17-24)22-25-18-14-11-15-19-25/h10-19,23,26H,20-22H2,1-9H3/t23-,26+/m0/s1. The predicted octanol–water partition coefficient (Wildman–Crippen LogP) is 7.20. The van der Waals surface area contributed by atoms with Crippen LogP contribution in [0.5, 0.6) is 0 Å². The van der Waals surface area contributed by atoms with Gasteiger partial charge in [-0.25, -0.2) is 0 Å². The van der Waals surface area contributed by atoms with Gasteiger partial charge in [0.05, 0.1) is 12.5 Å². The molecule has 2 aromatic carbocycles. The highest BCUT2D eigenvalue weighted by molar-refractivity contribution is 6.74. The number of hydrogen-bond acceptors (Lipinski definition) is 4. The summed E-state index contributed by atoms with van der Waals surface area (Å²) in [4.78, 5) is 15.4. The largest absolute Gasteiger partial charge is 0.460 e. The third kappa shape index (κ3) is 9.01. The number of benzene rings is 2. The molecule has 0 aliphatic carbocycles. The average molecular weight is 484 g/mol. The molecule has 2 atom stereocenters. The van der Waals surface area contributed by atoms with Crippen molar-refractivity contribution < 1.29 is 14.0 Å². The normalized spacial score (nSPS) is 14.6. The molecule has 0 aliphatic heterocycles. The highest BCUT2D eigenvalue weighted by Crippen LogP contribution is 2.38. The quantitative estimate of drug-likeness (QED) is 0.265. The molecule has 0 saturated carbocycles. The Balaban J connectivity index is 2.41. The van der Waals surface area contributed by atoms with Gasteiger partial charge in [0.1, 0.15) is 5.60 Å². The fourth-order valence-electron chi connectivity index (χ4n) is 3.79. The molecule has 0 N–H and O–H groups in total. The van der Waals surface area contributed by atoms with Crippen molar-refractivity contribution in [1.82, 2.24) is 4.90 Å². The van der Waals surface area contributed by atoms with Crippen molar-refractivity contribution in [3.05, 3.63) is 71.8 Å². The van der Waals surface area contributed by atoms with Crippen LogP contribution >= 0.6 is 0 Å². The molecular formula is C29H45NO3Si. The maximum atomic E-state index is 13.1. The topological polar surface area (TPSA) is 38.8 Å². The van der Waals surface area contributed by atoms with E-state index in [4.69, 9.17) is 9.16 Å². The molecule has 2 rings (SSSR count). The first-order chi connectivity index (χ1) is 15.7. The van der Waals surface area contributed by atoms with Gasteiger partial charge in [-0.3, -0.25) is 9.69 Å². The fraction of sp³-hybridized carbons (Fsp3) is 0.552. The lowest BCUT2D eigenvalue weighted by atomic mass is 10.0. The lowest BCUT2D eigenvalue weighted by Crippen LogP contribution is -2.51. The Hall–Kier alpha value is -1.95. The van der Waals surface area contributed by atoms with Gasteiger partial charge in [0.15, 0.2) is 8.32 Å². The van der Waals surface area contributed by atoms with Crippen LogP contribution in [0.1, 0.15) is 66.0 Å². The van der Waals surface area contributed by atoms with E-state index in [1.54, 1.807) is 0 Å². The molecule has 5 heteroatoms. The van der Waals surface area contributed by atoms with Crippen LogP contribution in [-0.2, 0) is 27.0 Å².